The summed E-state index contributed by atoms with van der Waals surface area (Å²) >= 11 is 0. The predicted molar refractivity (Wildman–Crippen MR) is 103 cm³/mol. The van der Waals surface area contributed by atoms with Crippen LogP contribution < -0.4 is 5.32 Å². The minimum atomic E-state index is -0.285. The Bertz CT molecular complexity index is 1150. The van der Waals surface area contributed by atoms with Gasteiger partial charge < -0.3 is 5.32 Å². The first-order chi connectivity index (χ1) is 13.5. The van der Waals surface area contributed by atoms with E-state index < -0.39 is 0 Å². The predicted octanol–water partition coefficient (Wildman–Crippen LogP) is 2.60. The highest BCUT2D eigenvalue weighted by molar-refractivity contribution is 5.95. The molecular formula is C20H19FN6O. The fraction of sp³-hybridized carbons (Fsp3) is 0.200. The summed E-state index contributed by atoms with van der Waals surface area (Å²) in [5.74, 6) is -0.450. The number of hydrogen-bond acceptors (Lipinski definition) is 4. The molecule has 1 N–H and O–H groups in total. The molecule has 7 nitrogen and oxygen atoms in total. The first-order valence-corrected chi connectivity index (χ1v) is 8.83. The summed E-state index contributed by atoms with van der Waals surface area (Å²) in [7, 11) is 1.83. The van der Waals surface area contributed by atoms with Crippen molar-refractivity contribution in [3.05, 3.63) is 66.0 Å². The van der Waals surface area contributed by atoms with Gasteiger partial charge in [-0.1, -0.05) is 12.1 Å². The number of nitrogens with zero attached hydrogens (tertiary/aromatic N) is 5. The lowest BCUT2D eigenvalue weighted by Crippen LogP contribution is -2.27. The van der Waals surface area contributed by atoms with E-state index >= 15 is 0 Å². The number of aromatic nitrogens is 5. The van der Waals surface area contributed by atoms with Crippen LogP contribution in [0.15, 0.2) is 48.9 Å². The van der Waals surface area contributed by atoms with Gasteiger partial charge in [0.05, 0.1) is 11.9 Å². The normalized spacial score (nSPS) is 11.1. The summed E-state index contributed by atoms with van der Waals surface area (Å²) in [5.41, 5.74) is 4.09. The van der Waals surface area contributed by atoms with Gasteiger partial charge in [0.1, 0.15) is 12.4 Å². The molecule has 1 aromatic carbocycles. The number of carbonyl (C=O) groups excluding carboxylic acids is 1. The van der Waals surface area contributed by atoms with Crippen LogP contribution in [0.4, 0.5) is 4.39 Å². The number of pyridine rings is 1. The first-order valence-electron chi connectivity index (χ1n) is 8.83. The summed E-state index contributed by atoms with van der Waals surface area (Å²) in [6.07, 6.45) is 5.24. The van der Waals surface area contributed by atoms with Crippen LogP contribution in [0.1, 0.15) is 11.3 Å². The fourth-order valence-electron chi connectivity index (χ4n) is 3.22. The maximum atomic E-state index is 13.3. The summed E-state index contributed by atoms with van der Waals surface area (Å²) in [6, 6.07) is 8.17. The van der Waals surface area contributed by atoms with Gasteiger partial charge >= 0.3 is 0 Å². The molecule has 4 aromatic rings. The number of amides is 1. The number of aryl methyl sites for hydroxylation is 2. The van der Waals surface area contributed by atoms with E-state index in [0.29, 0.717) is 12.2 Å². The van der Waals surface area contributed by atoms with E-state index in [1.807, 2.05) is 26.2 Å². The Morgan fingerprint density at radius 2 is 2.00 bits per heavy atom. The Labute approximate surface area is 160 Å². The van der Waals surface area contributed by atoms with Gasteiger partial charge in [-0.05, 0) is 36.2 Å². The molecule has 0 fully saturated rings. The molecule has 0 aliphatic rings. The van der Waals surface area contributed by atoms with Crippen LogP contribution in [0.3, 0.4) is 0 Å². The Kier molecular flexibility index (Phi) is 4.60. The lowest BCUT2D eigenvalue weighted by Gasteiger charge is -2.06. The Hall–Kier alpha value is -3.55. The zero-order valence-electron chi connectivity index (χ0n) is 15.6. The second-order valence-corrected chi connectivity index (χ2v) is 6.61. The smallest absolute Gasteiger partial charge is 0.242 e. The van der Waals surface area contributed by atoms with E-state index in [1.165, 1.54) is 12.1 Å². The SMILES string of the molecule is Cc1nn(CC(=O)NCc2cnn(C)c2)c2nccc(-c3ccc(F)cc3)c12. The average Bonchev–Trinajstić information content (AvgIpc) is 3.24. The highest BCUT2D eigenvalue weighted by Crippen LogP contribution is 2.29. The van der Waals surface area contributed by atoms with Crippen LogP contribution in [0.2, 0.25) is 0 Å². The Morgan fingerprint density at radius 1 is 1.21 bits per heavy atom. The van der Waals surface area contributed by atoms with Gasteiger partial charge in [0.15, 0.2) is 5.65 Å². The van der Waals surface area contributed by atoms with Crippen molar-refractivity contribution in [2.24, 2.45) is 7.05 Å². The van der Waals surface area contributed by atoms with E-state index in [-0.39, 0.29) is 18.3 Å². The number of rotatable bonds is 5. The molecule has 0 aliphatic heterocycles. The molecule has 3 heterocycles. The fourth-order valence-corrected chi connectivity index (χ4v) is 3.22. The van der Waals surface area contributed by atoms with Gasteiger partial charge in [-0.3, -0.25) is 9.48 Å². The molecule has 0 atom stereocenters. The molecule has 28 heavy (non-hydrogen) atoms. The van der Waals surface area contributed by atoms with Crippen LogP contribution in [0, 0.1) is 12.7 Å². The van der Waals surface area contributed by atoms with Crippen LogP contribution in [-0.2, 0) is 24.9 Å². The second kappa shape index (κ2) is 7.22. The summed E-state index contributed by atoms with van der Waals surface area (Å²) in [4.78, 5) is 16.8. The Morgan fingerprint density at radius 3 is 2.71 bits per heavy atom. The molecule has 8 heteroatoms. The summed E-state index contributed by atoms with van der Waals surface area (Å²) < 4.78 is 16.5. The van der Waals surface area contributed by atoms with Crippen LogP contribution in [-0.4, -0.2) is 30.5 Å². The molecule has 0 saturated heterocycles. The molecule has 0 saturated carbocycles. The van der Waals surface area contributed by atoms with Gasteiger partial charge in [-0.2, -0.15) is 10.2 Å². The van der Waals surface area contributed by atoms with E-state index in [9.17, 15) is 9.18 Å². The first kappa shape index (κ1) is 17.8. The van der Waals surface area contributed by atoms with Crippen molar-refractivity contribution in [3.8, 4) is 11.1 Å². The summed E-state index contributed by atoms with van der Waals surface area (Å²) in [6.45, 7) is 2.34. The minimum Gasteiger partial charge on any atom is -0.350 e. The quantitative estimate of drug-likeness (QED) is 0.579. The van der Waals surface area contributed by atoms with Crippen LogP contribution in [0.5, 0.6) is 0 Å². The third-order valence-electron chi connectivity index (χ3n) is 4.50. The minimum absolute atomic E-state index is 0.0600. The number of hydrogen-bond donors (Lipinski definition) is 1. The summed E-state index contributed by atoms with van der Waals surface area (Å²) in [5, 5.41) is 12.3. The highest BCUT2D eigenvalue weighted by atomic mass is 19.1. The standard InChI is InChI=1S/C20H19FN6O/c1-13-19-17(15-3-5-16(21)6-4-15)7-8-22-20(19)27(25-13)12-18(28)23-9-14-10-24-26(2)11-14/h3-8,10-11H,9,12H2,1-2H3,(H,23,28). The van der Waals surface area contributed by atoms with E-state index in [1.54, 1.807) is 33.9 Å². The van der Waals surface area contributed by atoms with Gasteiger partial charge in [-0.25, -0.2) is 14.1 Å². The van der Waals surface area contributed by atoms with Crippen molar-refractivity contribution in [2.75, 3.05) is 0 Å². The molecule has 1 amide bonds. The van der Waals surface area contributed by atoms with Gasteiger partial charge in [0.25, 0.3) is 0 Å². The maximum absolute atomic E-state index is 13.3. The maximum Gasteiger partial charge on any atom is 0.242 e. The zero-order valence-corrected chi connectivity index (χ0v) is 15.6. The zero-order chi connectivity index (χ0) is 19.7. The number of nitrogens with one attached hydrogen (secondary N) is 1. The van der Waals surface area contributed by atoms with Crippen molar-refractivity contribution < 1.29 is 9.18 Å². The van der Waals surface area contributed by atoms with Gasteiger partial charge in [0, 0.05) is 36.9 Å². The number of fused-ring (bicyclic) bond motifs is 1. The van der Waals surface area contributed by atoms with Crippen molar-refractivity contribution >= 4 is 16.9 Å². The molecular weight excluding hydrogens is 359 g/mol. The molecule has 4 rings (SSSR count). The van der Waals surface area contributed by atoms with E-state index in [0.717, 1.165) is 27.8 Å². The van der Waals surface area contributed by atoms with Crippen molar-refractivity contribution in [2.45, 2.75) is 20.0 Å². The third-order valence-corrected chi connectivity index (χ3v) is 4.50. The van der Waals surface area contributed by atoms with Crippen molar-refractivity contribution in [1.82, 2.24) is 29.9 Å². The third kappa shape index (κ3) is 3.48. The largest absolute Gasteiger partial charge is 0.350 e. The van der Waals surface area contributed by atoms with E-state index in [4.69, 9.17) is 0 Å². The van der Waals surface area contributed by atoms with Crippen LogP contribution in [0.25, 0.3) is 22.2 Å². The van der Waals surface area contributed by atoms with Gasteiger partial charge in [0.2, 0.25) is 5.91 Å². The van der Waals surface area contributed by atoms with Crippen molar-refractivity contribution in [3.63, 3.8) is 0 Å². The highest BCUT2D eigenvalue weighted by Gasteiger charge is 2.16. The monoisotopic (exact) mass is 378 g/mol. The number of carbonyl (C=O) groups is 1. The molecule has 0 unspecified atom stereocenters. The van der Waals surface area contributed by atoms with Crippen molar-refractivity contribution in [1.29, 1.82) is 0 Å². The molecule has 0 aliphatic carbocycles. The lowest BCUT2D eigenvalue weighted by molar-refractivity contribution is -0.121. The molecule has 0 spiro atoms. The second-order valence-electron chi connectivity index (χ2n) is 6.61. The molecule has 3 aromatic heterocycles. The van der Waals surface area contributed by atoms with Gasteiger partial charge in [-0.15, -0.1) is 0 Å². The number of benzene rings is 1. The average molecular weight is 378 g/mol. The molecule has 0 bridgehead atoms. The Balaban J connectivity index is 1.59. The number of halogens is 1. The molecule has 142 valence electrons. The topological polar surface area (TPSA) is 77.6 Å². The molecule has 0 radical (unpaired) electrons. The van der Waals surface area contributed by atoms with Crippen LogP contribution >= 0.6 is 0 Å². The lowest BCUT2D eigenvalue weighted by atomic mass is 10.0. The van der Waals surface area contributed by atoms with E-state index in [2.05, 4.69) is 20.5 Å².